The van der Waals surface area contributed by atoms with Crippen LogP contribution in [0.5, 0.6) is 0 Å². The highest BCUT2D eigenvalue weighted by Gasteiger charge is 2.30. The fourth-order valence-corrected chi connectivity index (χ4v) is 3.18. The number of thioether (sulfide) groups is 1. The van der Waals surface area contributed by atoms with Gasteiger partial charge in [-0.3, -0.25) is 4.79 Å². The van der Waals surface area contributed by atoms with Gasteiger partial charge in [0.25, 0.3) is 0 Å². The van der Waals surface area contributed by atoms with Crippen molar-refractivity contribution in [1.82, 2.24) is 19.7 Å². The number of aryl methyl sites for hydroxylation is 1. The van der Waals surface area contributed by atoms with Crippen molar-refractivity contribution in [3.8, 4) is 0 Å². The Labute approximate surface area is 123 Å². The Bertz CT molecular complexity index is 481. The molecule has 1 saturated heterocycles. The van der Waals surface area contributed by atoms with Crippen LogP contribution in [0.2, 0.25) is 0 Å². The molecule has 1 fully saturated rings. The molecule has 0 radical (unpaired) electrons. The second-order valence-corrected chi connectivity index (χ2v) is 6.85. The first-order valence-electron chi connectivity index (χ1n) is 6.83. The van der Waals surface area contributed by atoms with Crippen LogP contribution in [0.1, 0.15) is 25.6 Å². The summed E-state index contributed by atoms with van der Waals surface area (Å²) in [4.78, 5) is 13.0. The Hall–Kier alpha value is -1.08. The third-order valence-electron chi connectivity index (χ3n) is 3.96. The van der Waals surface area contributed by atoms with Crippen LogP contribution >= 0.6 is 11.8 Å². The summed E-state index contributed by atoms with van der Waals surface area (Å²) in [5.74, 6) is 0.0585. The van der Waals surface area contributed by atoms with Crippen LogP contribution in [0.4, 0.5) is 0 Å². The van der Waals surface area contributed by atoms with Gasteiger partial charge in [-0.1, -0.05) is 18.7 Å². The molecule has 1 aromatic rings. The first-order valence-corrected chi connectivity index (χ1v) is 7.81. The first kappa shape index (κ1) is 15.3. The van der Waals surface area contributed by atoms with Crippen LogP contribution in [0.25, 0.3) is 0 Å². The van der Waals surface area contributed by atoms with Gasteiger partial charge < -0.3 is 14.6 Å². The Morgan fingerprint density at radius 2 is 2.05 bits per heavy atom. The van der Waals surface area contributed by atoms with Crippen LogP contribution in [0, 0.1) is 12.3 Å². The summed E-state index contributed by atoms with van der Waals surface area (Å²) in [5, 5.41) is 17.7. The molecule has 0 aliphatic carbocycles. The number of hydrogen-bond acceptors (Lipinski definition) is 5. The molecular weight excluding hydrogens is 276 g/mol. The Morgan fingerprint density at radius 1 is 1.40 bits per heavy atom. The van der Waals surface area contributed by atoms with Crippen molar-refractivity contribution >= 4 is 17.7 Å². The smallest absolute Gasteiger partial charge is 0.313 e. The van der Waals surface area contributed by atoms with Crippen LogP contribution in [0.3, 0.4) is 0 Å². The lowest BCUT2D eigenvalue weighted by molar-refractivity contribution is -0.133. The minimum absolute atomic E-state index is 0.0254. The summed E-state index contributed by atoms with van der Waals surface area (Å²) in [6, 6.07) is 0. The van der Waals surface area contributed by atoms with Crippen LogP contribution < -0.4 is 0 Å². The number of hydrogen-bond donors (Lipinski definition) is 1. The van der Waals surface area contributed by atoms with Crippen LogP contribution in [-0.4, -0.2) is 56.6 Å². The number of likely N-dealkylation sites (tertiary alicyclic amines) is 1. The molecule has 0 amide bonds. The van der Waals surface area contributed by atoms with Gasteiger partial charge in [0.1, 0.15) is 5.82 Å². The van der Waals surface area contributed by atoms with E-state index in [0.29, 0.717) is 5.16 Å². The fourth-order valence-electron chi connectivity index (χ4n) is 2.47. The number of carboxylic acid groups (broad SMARTS) is 1. The maximum absolute atomic E-state index is 10.7. The number of carbonyl (C=O) groups is 1. The van der Waals surface area contributed by atoms with Gasteiger partial charge in [0.2, 0.25) is 0 Å². The van der Waals surface area contributed by atoms with E-state index >= 15 is 0 Å². The Balaban J connectivity index is 2.08. The Kier molecular flexibility index (Phi) is 4.70. The highest BCUT2D eigenvalue weighted by atomic mass is 32.2. The van der Waals surface area contributed by atoms with E-state index in [9.17, 15) is 4.79 Å². The Morgan fingerprint density at radius 3 is 2.65 bits per heavy atom. The molecule has 1 aliphatic rings. The maximum atomic E-state index is 10.7. The van der Waals surface area contributed by atoms with Gasteiger partial charge in [0.15, 0.2) is 5.16 Å². The summed E-state index contributed by atoms with van der Waals surface area (Å²) < 4.78 is 2.07. The van der Waals surface area contributed by atoms with Crippen molar-refractivity contribution in [2.75, 3.05) is 25.9 Å². The van der Waals surface area contributed by atoms with Gasteiger partial charge in [0, 0.05) is 6.54 Å². The summed E-state index contributed by atoms with van der Waals surface area (Å²) in [6.07, 6.45) is 2.29. The van der Waals surface area contributed by atoms with E-state index in [2.05, 4.69) is 33.6 Å². The molecule has 0 spiro atoms. The number of piperidine rings is 1. The van der Waals surface area contributed by atoms with E-state index in [0.717, 1.165) is 38.3 Å². The van der Waals surface area contributed by atoms with E-state index in [1.54, 1.807) is 0 Å². The third-order valence-corrected chi connectivity index (χ3v) is 4.91. The van der Waals surface area contributed by atoms with Gasteiger partial charge in [-0.05, 0) is 45.3 Å². The number of aromatic nitrogens is 3. The fraction of sp³-hybridized carbons (Fsp3) is 0.769. The lowest BCUT2D eigenvalue weighted by Gasteiger charge is -2.38. The molecule has 2 rings (SSSR count). The maximum Gasteiger partial charge on any atom is 0.313 e. The van der Waals surface area contributed by atoms with E-state index in [4.69, 9.17) is 5.11 Å². The molecule has 6 nitrogen and oxygen atoms in total. The molecule has 0 aromatic carbocycles. The molecule has 20 heavy (non-hydrogen) atoms. The van der Waals surface area contributed by atoms with Gasteiger partial charge in [-0.2, -0.15) is 0 Å². The average molecular weight is 298 g/mol. The van der Waals surface area contributed by atoms with Crippen LogP contribution in [0.15, 0.2) is 5.16 Å². The van der Waals surface area contributed by atoms with Crippen molar-refractivity contribution < 1.29 is 9.90 Å². The summed E-state index contributed by atoms with van der Waals surface area (Å²) in [5.41, 5.74) is 0.234. The largest absolute Gasteiger partial charge is 0.481 e. The zero-order valence-corrected chi connectivity index (χ0v) is 13.1. The van der Waals surface area contributed by atoms with Gasteiger partial charge in [-0.15, -0.1) is 10.2 Å². The highest BCUT2D eigenvalue weighted by molar-refractivity contribution is 7.99. The van der Waals surface area contributed by atoms with E-state index < -0.39 is 5.97 Å². The molecule has 0 bridgehead atoms. The molecule has 7 heteroatoms. The predicted molar refractivity (Wildman–Crippen MR) is 78.0 cm³/mol. The first-order chi connectivity index (χ1) is 9.39. The number of rotatable bonds is 5. The van der Waals surface area contributed by atoms with E-state index in [1.807, 2.05) is 6.92 Å². The molecule has 2 heterocycles. The zero-order valence-electron chi connectivity index (χ0n) is 12.3. The lowest BCUT2D eigenvalue weighted by atomic mass is 9.80. The third kappa shape index (κ3) is 3.73. The summed E-state index contributed by atoms with van der Waals surface area (Å²) in [6.45, 7) is 7.30. The number of nitrogens with zero attached hydrogens (tertiary/aromatic N) is 4. The second-order valence-electron chi connectivity index (χ2n) is 5.91. The molecule has 1 aromatic heterocycles. The van der Waals surface area contributed by atoms with Crippen molar-refractivity contribution in [2.45, 2.75) is 38.4 Å². The number of aliphatic carboxylic acids is 1. The van der Waals surface area contributed by atoms with Crippen molar-refractivity contribution in [2.24, 2.45) is 5.41 Å². The monoisotopic (exact) mass is 298 g/mol. The molecule has 1 aliphatic heterocycles. The average Bonchev–Trinajstić information content (AvgIpc) is 2.72. The predicted octanol–water partition coefficient (Wildman–Crippen LogP) is 1.50. The molecule has 112 valence electrons. The molecule has 0 unspecified atom stereocenters. The summed E-state index contributed by atoms with van der Waals surface area (Å²) >= 11 is 1.24. The minimum Gasteiger partial charge on any atom is -0.481 e. The second kappa shape index (κ2) is 6.13. The summed E-state index contributed by atoms with van der Waals surface area (Å²) in [7, 11) is 2.15. The van der Waals surface area contributed by atoms with Gasteiger partial charge in [0.05, 0.1) is 5.75 Å². The SMILES string of the molecule is Cc1nnc(SCC(=O)O)n1CC1(C)CCN(C)CC1. The molecule has 0 saturated carbocycles. The highest BCUT2D eigenvalue weighted by Crippen LogP contribution is 2.33. The lowest BCUT2D eigenvalue weighted by Crippen LogP contribution is -2.38. The van der Waals surface area contributed by atoms with Crippen molar-refractivity contribution in [3.63, 3.8) is 0 Å². The van der Waals surface area contributed by atoms with Crippen molar-refractivity contribution in [3.05, 3.63) is 5.82 Å². The van der Waals surface area contributed by atoms with Crippen LogP contribution in [-0.2, 0) is 11.3 Å². The van der Waals surface area contributed by atoms with Gasteiger partial charge in [-0.25, -0.2) is 0 Å². The van der Waals surface area contributed by atoms with E-state index in [1.165, 1.54) is 11.8 Å². The molecule has 0 atom stereocenters. The van der Waals surface area contributed by atoms with Gasteiger partial charge >= 0.3 is 5.97 Å². The number of carboxylic acids is 1. The molecule has 1 N–H and O–H groups in total. The topological polar surface area (TPSA) is 71.2 Å². The standard InChI is InChI=1S/C13H22N4O2S/c1-10-14-15-12(20-8-11(18)19)17(10)9-13(2)4-6-16(3)7-5-13/h4-9H2,1-3H3,(H,18,19). The minimum atomic E-state index is -0.826. The van der Waals surface area contributed by atoms with E-state index in [-0.39, 0.29) is 11.2 Å². The molecular formula is C13H22N4O2S. The zero-order chi connectivity index (χ0) is 14.8. The normalized spacial score (nSPS) is 19.1. The van der Waals surface area contributed by atoms with Crippen molar-refractivity contribution in [1.29, 1.82) is 0 Å². The quantitative estimate of drug-likeness (QED) is 0.831.